The van der Waals surface area contributed by atoms with Gasteiger partial charge in [0.15, 0.2) is 0 Å². The lowest BCUT2D eigenvalue weighted by molar-refractivity contribution is -0.312. The van der Waals surface area contributed by atoms with Crippen LogP contribution in [0, 0.1) is 5.92 Å². The van der Waals surface area contributed by atoms with Gasteiger partial charge in [0.1, 0.15) is 0 Å². The zero-order chi connectivity index (χ0) is 13.6. The van der Waals surface area contributed by atoms with E-state index in [2.05, 4.69) is 6.92 Å². The van der Waals surface area contributed by atoms with Crippen molar-refractivity contribution in [2.24, 2.45) is 11.7 Å². The molecule has 0 bridgehead atoms. The highest BCUT2D eigenvalue weighted by Crippen LogP contribution is 2.18. The molecular formula is C15H30NO2-. The number of carbonyl (C=O) groups excluding carboxylic acids is 1. The Kier molecular flexibility index (Phi) is 12.5. The molecule has 0 rings (SSSR count). The third-order valence-electron chi connectivity index (χ3n) is 3.50. The molecule has 0 amide bonds. The van der Waals surface area contributed by atoms with Crippen LogP contribution in [0.25, 0.3) is 0 Å². The lowest BCUT2D eigenvalue weighted by Crippen LogP contribution is -2.31. The Morgan fingerprint density at radius 3 is 1.89 bits per heavy atom. The normalized spacial score (nSPS) is 12.6. The maximum Gasteiger partial charge on any atom is 0.0445 e. The first-order valence-corrected chi connectivity index (χ1v) is 7.63. The summed E-state index contributed by atoms with van der Waals surface area (Å²) in [4.78, 5) is 11.0. The largest absolute Gasteiger partial charge is 0.550 e. The predicted molar refractivity (Wildman–Crippen MR) is 74.0 cm³/mol. The van der Waals surface area contributed by atoms with E-state index in [-0.39, 0.29) is 5.92 Å². The lowest BCUT2D eigenvalue weighted by Gasteiger charge is -2.17. The fourth-order valence-electron chi connectivity index (χ4n) is 2.26. The van der Waals surface area contributed by atoms with Crippen molar-refractivity contribution in [3.63, 3.8) is 0 Å². The van der Waals surface area contributed by atoms with Crippen LogP contribution in [0.2, 0.25) is 0 Å². The third kappa shape index (κ3) is 10.6. The van der Waals surface area contributed by atoms with E-state index in [0.717, 1.165) is 57.9 Å². The second-order valence-corrected chi connectivity index (χ2v) is 5.21. The van der Waals surface area contributed by atoms with E-state index in [1.807, 2.05) is 0 Å². The summed E-state index contributed by atoms with van der Waals surface area (Å²) in [6.07, 6.45) is 11.7. The molecule has 0 radical (unpaired) electrons. The van der Waals surface area contributed by atoms with Crippen molar-refractivity contribution in [1.82, 2.24) is 0 Å². The van der Waals surface area contributed by atoms with Gasteiger partial charge in [-0.15, -0.1) is 0 Å². The summed E-state index contributed by atoms with van der Waals surface area (Å²) in [5.74, 6) is -1.09. The number of rotatable bonds is 13. The molecule has 18 heavy (non-hydrogen) atoms. The molecule has 0 aliphatic heterocycles. The van der Waals surface area contributed by atoms with Crippen molar-refractivity contribution in [1.29, 1.82) is 0 Å². The highest BCUT2D eigenvalue weighted by atomic mass is 16.4. The highest BCUT2D eigenvalue weighted by molar-refractivity contribution is 5.67. The lowest BCUT2D eigenvalue weighted by atomic mass is 9.94. The van der Waals surface area contributed by atoms with Gasteiger partial charge < -0.3 is 15.6 Å². The molecule has 0 saturated heterocycles. The van der Waals surface area contributed by atoms with E-state index in [4.69, 9.17) is 5.73 Å². The quantitative estimate of drug-likeness (QED) is 0.515. The summed E-state index contributed by atoms with van der Waals surface area (Å²) >= 11 is 0. The van der Waals surface area contributed by atoms with Crippen LogP contribution in [0.3, 0.4) is 0 Å². The molecule has 0 spiro atoms. The van der Waals surface area contributed by atoms with Crippen LogP contribution >= 0.6 is 0 Å². The molecule has 0 aromatic carbocycles. The molecule has 3 nitrogen and oxygen atoms in total. The number of hydrogen-bond acceptors (Lipinski definition) is 3. The van der Waals surface area contributed by atoms with Crippen LogP contribution in [0.1, 0.15) is 77.6 Å². The van der Waals surface area contributed by atoms with Crippen LogP contribution in [-0.4, -0.2) is 12.5 Å². The Hall–Kier alpha value is -0.570. The number of carboxylic acid groups (broad SMARTS) is 1. The van der Waals surface area contributed by atoms with Gasteiger partial charge in [-0.05, 0) is 31.7 Å². The van der Waals surface area contributed by atoms with Crippen molar-refractivity contribution in [2.45, 2.75) is 77.6 Å². The Bertz CT molecular complexity index is 181. The van der Waals surface area contributed by atoms with Crippen molar-refractivity contribution in [3.8, 4) is 0 Å². The van der Waals surface area contributed by atoms with Crippen LogP contribution in [-0.2, 0) is 4.79 Å². The van der Waals surface area contributed by atoms with Crippen molar-refractivity contribution < 1.29 is 9.90 Å². The van der Waals surface area contributed by atoms with Gasteiger partial charge in [0.25, 0.3) is 0 Å². The van der Waals surface area contributed by atoms with E-state index in [0.29, 0.717) is 0 Å². The molecule has 3 heteroatoms. The first-order chi connectivity index (χ1) is 8.72. The van der Waals surface area contributed by atoms with Gasteiger partial charge in [-0.25, -0.2) is 0 Å². The van der Waals surface area contributed by atoms with Gasteiger partial charge in [0.2, 0.25) is 0 Å². The minimum absolute atomic E-state index is 0.232. The Morgan fingerprint density at radius 2 is 1.44 bits per heavy atom. The minimum Gasteiger partial charge on any atom is -0.550 e. The zero-order valence-corrected chi connectivity index (χ0v) is 12.0. The van der Waals surface area contributed by atoms with Crippen LogP contribution < -0.4 is 10.8 Å². The first kappa shape index (κ1) is 17.4. The van der Waals surface area contributed by atoms with Crippen LogP contribution in [0.15, 0.2) is 0 Å². The number of carboxylic acids is 1. The molecule has 0 saturated carbocycles. The number of unbranched alkanes of at least 4 members (excludes halogenated alkanes) is 7. The fourth-order valence-corrected chi connectivity index (χ4v) is 2.26. The molecule has 2 N–H and O–H groups in total. The molecule has 0 aromatic rings. The molecule has 1 atom stereocenters. The standard InChI is InChI=1S/C15H31NO2/c1-2-3-4-5-8-11-14(15(17)18)12-9-6-7-10-13-16/h14H,2-13,16H2,1H3,(H,17,18)/p-1. The van der Waals surface area contributed by atoms with E-state index in [9.17, 15) is 9.90 Å². The SMILES string of the molecule is CCCCCCCC(CCCCCCN)C(=O)[O-]. The second-order valence-electron chi connectivity index (χ2n) is 5.21. The minimum atomic E-state index is -0.857. The molecule has 108 valence electrons. The average Bonchev–Trinajstić information content (AvgIpc) is 2.35. The maximum absolute atomic E-state index is 11.0. The van der Waals surface area contributed by atoms with Crippen molar-refractivity contribution in [2.75, 3.05) is 6.54 Å². The summed E-state index contributed by atoms with van der Waals surface area (Å²) in [5, 5.41) is 11.0. The van der Waals surface area contributed by atoms with Gasteiger partial charge in [-0.1, -0.05) is 58.3 Å². The molecular weight excluding hydrogens is 226 g/mol. The second kappa shape index (κ2) is 12.9. The van der Waals surface area contributed by atoms with E-state index < -0.39 is 5.97 Å². The van der Waals surface area contributed by atoms with Crippen LogP contribution in [0.4, 0.5) is 0 Å². The smallest absolute Gasteiger partial charge is 0.0445 e. The van der Waals surface area contributed by atoms with E-state index >= 15 is 0 Å². The predicted octanol–water partition coefficient (Wildman–Crippen LogP) is 2.62. The topological polar surface area (TPSA) is 66.2 Å². The summed E-state index contributed by atoms with van der Waals surface area (Å²) < 4.78 is 0. The van der Waals surface area contributed by atoms with E-state index in [1.54, 1.807) is 0 Å². The molecule has 0 aliphatic carbocycles. The molecule has 1 unspecified atom stereocenters. The zero-order valence-electron chi connectivity index (χ0n) is 12.0. The Labute approximate surface area is 112 Å². The van der Waals surface area contributed by atoms with E-state index in [1.165, 1.54) is 19.3 Å². The maximum atomic E-state index is 11.0. The number of hydrogen-bond donors (Lipinski definition) is 1. The fraction of sp³-hybridized carbons (Fsp3) is 0.933. The summed E-state index contributed by atoms with van der Waals surface area (Å²) in [5.41, 5.74) is 5.42. The Balaban J connectivity index is 3.56. The monoisotopic (exact) mass is 256 g/mol. The molecule has 0 heterocycles. The molecule has 0 aromatic heterocycles. The number of aliphatic carboxylic acids is 1. The van der Waals surface area contributed by atoms with Crippen molar-refractivity contribution >= 4 is 5.97 Å². The van der Waals surface area contributed by atoms with Crippen molar-refractivity contribution in [3.05, 3.63) is 0 Å². The molecule has 0 aliphatic rings. The summed E-state index contributed by atoms with van der Waals surface area (Å²) in [6, 6.07) is 0. The van der Waals surface area contributed by atoms with Gasteiger partial charge in [-0.2, -0.15) is 0 Å². The summed E-state index contributed by atoms with van der Waals surface area (Å²) in [6.45, 7) is 2.92. The Morgan fingerprint density at radius 1 is 0.944 bits per heavy atom. The number of nitrogens with two attached hydrogens (primary N) is 1. The first-order valence-electron chi connectivity index (χ1n) is 7.63. The van der Waals surface area contributed by atoms with Gasteiger partial charge in [0.05, 0.1) is 0 Å². The average molecular weight is 256 g/mol. The number of carbonyl (C=O) groups is 1. The third-order valence-corrected chi connectivity index (χ3v) is 3.50. The summed E-state index contributed by atoms with van der Waals surface area (Å²) in [7, 11) is 0. The van der Waals surface area contributed by atoms with Gasteiger partial charge in [0, 0.05) is 5.97 Å². The highest BCUT2D eigenvalue weighted by Gasteiger charge is 2.09. The van der Waals surface area contributed by atoms with Gasteiger partial charge >= 0.3 is 0 Å². The molecule has 0 fully saturated rings. The van der Waals surface area contributed by atoms with Gasteiger partial charge in [-0.3, -0.25) is 0 Å². The van der Waals surface area contributed by atoms with Crippen LogP contribution in [0.5, 0.6) is 0 Å².